The van der Waals surface area contributed by atoms with Crippen LogP contribution in [0.25, 0.3) is 0 Å². The van der Waals surface area contributed by atoms with Crippen LogP contribution in [0.3, 0.4) is 0 Å². The first-order valence-electron chi connectivity index (χ1n) is 8.65. The average molecular weight is 274 g/mol. The average Bonchev–Trinajstić information content (AvgIpc) is 2.37. The molecule has 20 heavy (non-hydrogen) atoms. The van der Waals surface area contributed by atoms with Crippen molar-refractivity contribution in [1.29, 1.82) is 0 Å². The lowest BCUT2D eigenvalue weighted by atomic mass is 9.31. The van der Waals surface area contributed by atoms with E-state index in [1.54, 1.807) is 0 Å². The van der Waals surface area contributed by atoms with E-state index in [-0.39, 0.29) is 5.60 Å². The molecular formula is C19H30O. The molecule has 1 saturated heterocycles. The first-order chi connectivity index (χ1) is 9.40. The molecule has 0 unspecified atom stereocenters. The van der Waals surface area contributed by atoms with Crippen LogP contribution in [0.4, 0.5) is 0 Å². The summed E-state index contributed by atoms with van der Waals surface area (Å²) in [7, 11) is 0. The van der Waals surface area contributed by atoms with Crippen molar-refractivity contribution in [2.45, 2.75) is 71.3 Å². The van der Waals surface area contributed by atoms with E-state index in [0.29, 0.717) is 16.2 Å². The fourth-order valence-corrected chi connectivity index (χ4v) is 7.16. The lowest BCUT2D eigenvalue weighted by Crippen LogP contribution is -2.80. The summed E-state index contributed by atoms with van der Waals surface area (Å²) >= 11 is 0. The second kappa shape index (κ2) is 3.72. The van der Waals surface area contributed by atoms with Crippen LogP contribution in [0.5, 0.6) is 0 Å². The fraction of sp³-hybridized carbons (Fsp3) is 0.895. The highest BCUT2D eigenvalue weighted by Crippen LogP contribution is 2.78. The van der Waals surface area contributed by atoms with E-state index in [0.717, 1.165) is 24.9 Å². The second-order valence-corrected chi connectivity index (χ2v) is 9.13. The zero-order valence-electron chi connectivity index (χ0n) is 13.5. The Kier molecular flexibility index (Phi) is 2.48. The Labute approximate surface area is 124 Å². The van der Waals surface area contributed by atoms with Crippen molar-refractivity contribution in [2.24, 2.45) is 28.1 Å². The van der Waals surface area contributed by atoms with Crippen LogP contribution in [0, 0.1) is 28.1 Å². The summed E-state index contributed by atoms with van der Waals surface area (Å²) < 4.78 is 6.12. The molecule has 1 heterocycles. The Hall–Kier alpha value is -0.300. The van der Waals surface area contributed by atoms with Crippen molar-refractivity contribution in [1.82, 2.24) is 0 Å². The van der Waals surface area contributed by atoms with Gasteiger partial charge in [0, 0.05) is 5.41 Å². The quantitative estimate of drug-likeness (QED) is 0.646. The monoisotopic (exact) mass is 274 g/mol. The second-order valence-electron chi connectivity index (χ2n) is 9.13. The maximum absolute atomic E-state index is 6.12. The minimum atomic E-state index is 0.203. The SMILES string of the molecule is C=CC[C@@]12C[C@@H]3[C@@]4(C)CCCC(C)(C)[C@@H]4CC[C@]31CO2. The van der Waals surface area contributed by atoms with E-state index < -0.39 is 0 Å². The summed E-state index contributed by atoms with van der Waals surface area (Å²) in [6.07, 6.45) is 11.6. The molecule has 1 spiro atoms. The summed E-state index contributed by atoms with van der Waals surface area (Å²) in [5.41, 5.74) is 1.86. The van der Waals surface area contributed by atoms with Gasteiger partial charge in [-0.3, -0.25) is 0 Å². The van der Waals surface area contributed by atoms with Gasteiger partial charge in [0.2, 0.25) is 0 Å². The van der Waals surface area contributed by atoms with E-state index in [2.05, 4.69) is 33.4 Å². The highest BCUT2D eigenvalue weighted by molar-refractivity contribution is 5.27. The molecular weight excluding hydrogens is 244 g/mol. The van der Waals surface area contributed by atoms with Gasteiger partial charge in [-0.25, -0.2) is 0 Å². The fourth-order valence-electron chi connectivity index (χ4n) is 7.16. The highest BCUT2D eigenvalue weighted by atomic mass is 16.5. The molecule has 5 atom stereocenters. The van der Waals surface area contributed by atoms with E-state index in [1.807, 2.05) is 0 Å². The van der Waals surface area contributed by atoms with Gasteiger partial charge in [0.1, 0.15) is 0 Å². The standard InChI is InChI=1S/C19H30O/c1-5-8-19-12-15-17(4)10-6-9-16(2,3)14(17)7-11-18(15,19)13-20-19/h5,14-15H,1,6-13H2,2-4H3/t14-,15+,17-,18-,19+/m0/s1. The number of rotatable bonds is 2. The van der Waals surface area contributed by atoms with Crippen LogP contribution in [0.2, 0.25) is 0 Å². The van der Waals surface area contributed by atoms with Gasteiger partial charge in [-0.1, -0.05) is 33.3 Å². The van der Waals surface area contributed by atoms with Gasteiger partial charge < -0.3 is 4.74 Å². The predicted molar refractivity (Wildman–Crippen MR) is 82.5 cm³/mol. The van der Waals surface area contributed by atoms with Gasteiger partial charge in [-0.15, -0.1) is 6.58 Å². The Morgan fingerprint density at radius 3 is 2.60 bits per heavy atom. The third kappa shape index (κ3) is 1.26. The maximum Gasteiger partial charge on any atom is 0.0800 e. The molecule has 0 aromatic heterocycles. The van der Waals surface area contributed by atoms with Crippen molar-refractivity contribution in [3.05, 3.63) is 12.7 Å². The highest BCUT2D eigenvalue weighted by Gasteiger charge is 2.78. The van der Waals surface area contributed by atoms with E-state index in [9.17, 15) is 0 Å². The van der Waals surface area contributed by atoms with Crippen LogP contribution in [-0.2, 0) is 4.74 Å². The van der Waals surface area contributed by atoms with Gasteiger partial charge in [-0.2, -0.15) is 0 Å². The number of ether oxygens (including phenoxy) is 1. The number of hydrogen-bond acceptors (Lipinski definition) is 1. The molecule has 0 aromatic carbocycles. The van der Waals surface area contributed by atoms with Gasteiger partial charge in [0.05, 0.1) is 12.2 Å². The summed E-state index contributed by atoms with van der Waals surface area (Å²) in [4.78, 5) is 0. The van der Waals surface area contributed by atoms with Crippen LogP contribution in [0.15, 0.2) is 12.7 Å². The molecule has 112 valence electrons. The van der Waals surface area contributed by atoms with Crippen molar-refractivity contribution in [2.75, 3.05) is 6.61 Å². The van der Waals surface area contributed by atoms with E-state index in [1.165, 1.54) is 38.5 Å². The first kappa shape index (κ1) is 13.4. The molecule has 1 heteroatoms. The van der Waals surface area contributed by atoms with E-state index >= 15 is 0 Å². The topological polar surface area (TPSA) is 9.23 Å². The lowest BCUT2D eigenvalue weighted by Gasteiger charge is -2.79. The third-order valence-electron chi connectivity index (χ3n) is 8.14. The molecule has 4 rings (SSSR count). The van der Waals surface area contributed by atoms with Crippen molar-refractivity contribution < 1.29 is 4.74 Å². The molecule has 0 N–H and O–H groups in total. The van der Waals surface area contributed by atoms with Crippen LogP contribution >= 0.6 is 0 Å². The normalized spacial score (nSPS) is 55.5. The maximum atomic E-state index is 6.12. The number of fused-ring (bicyclic) bond motifs is 2. The third-order valence-corrected chi connectivity index (χ3v) is 8.14. The Balaban J connectivity index is 1.68. The van der Waals surface area contributed by atoms with Crippen molar-refractivity contribution >= 4 is 0 Å². The summed E-state index contributed by atoms with van der Waals surface area (Å²) in [5.74, 6) is 1.85. The lowest BCUT2D eigenvalue weighted by molar-refractivity contribution is -0.403. The molecule has 1 aliphatic heterocycles. The smallest absolute Gasteiger partial charge is 0.0800 e. The van der Waals surface area contributed by atoms with E-state index in [4.69, 9.17) is 4.74 Å². The largest absolute Gasteiger partial charge is 0.373 e. The van der Waals surface area contributed by atoms with Gasteiger partial charge in [-0.05, 0) is 61.2 Å². The molecule has 4 aliphatic rings. The molecule has 1 nitrogen and oxygen atoms in total. The zero-order valence-corrected chi connectivity index (χ0v) is 13.5. The zero-order chi connectivity index (χ0) is 14.2. The molecule has 4 fully saturated rings. The van der Waals surface area contributed by atoms with Crippen molar-refractivity contribution in [3.8, 4) is 0 Å². The molecule has 3 aliphatic carbocycles. The summed E-state index contributed by atoms with van der Waals surface area (Å²) in [5, 5.41) is 0. The molecule has 0 aromatic rings. The minimum Gasteiger partial charge on any atom is -0.373 e. The Bertz CT molecular complexity index is 453. The predicted octanol–water partition coefficient (Wildman–Crippen LogP) is 4.96. The van der Waals surface area contributed by atoms with Crippen LogP contribution in [-0.4, -0.2) is 12.2 Å². The number of hydrogen-bond donors (Lipinski definition) is 0. The van der Waals surface area contributed by atoms with Gasteiger partial charge >= 0.3 is 0 Å². The molecule has 0 amide bonds. The van der Waals surface area contributed by atoms with Crippen molar-refractivity contribution in [3.63, 3.8) is 0 Å². The molecule has 0 bridgehead atoms. The minimum absolute atomic E-state index is 0.203. The van der Waals surface area contributed by atoms with Gasteiger partial charge in [0.15, 0.2) is 0 Å². The Morgan fingerprint density at radius 1 is 1.15 bits per heavy atom. The molecule has 0 radical (unpaired) electrons. The van der Waals surface area contributed by atoms with Gasteiger partial charge in [0.25, 0.3) is 0 Å². The molecule has 3 saturated carbocycles. The van der Waals surface area contributed by atoms with Crippen LogP contribution < -0.4 is 0 Å². The summed E-state index contributed by atoms with van der Waals surface area (Å²) in [6, 6.07) is 0. The summed E-state index contributed by atoms with van der Waals surface area (Å²) in [6.45, 7) is 12.7. The Morgan fingerprint density at radius 2 is 1.95 bits per heavy atom. The first-order valence-corrected chi connectivity index (χ1v) is 8.65. The van der Waals surface area contributed by atoms with Crippen LogP contribution in [0.1, 0.15) is 65.7 Å².